The summed E-state index contributed by atoms with van der Waals surface area (Å²) in [5, 5.41) is 18.1. The molecule has 1 aromatic heterocycles. The molecule has 0 bridgehead atoms. The molecular formula is C11H8N2O4. The largest absolute Gasteiger partial charge is 0.504 e. The van der Waals surface area contributed by atoms with Crippen LogP contribution in [0, 0.1) is 0 Å². The van der Waals surface area contributed by atoms with Gasteiger partial charge in [-0.3, -0.25) is 0 Å². The lowest BCUT2D eigenvalue weighted by molar-refractivity contribution is 0.0683. The van der Waals surface area contributed by atoms with Crippen LogP contribution in [0.3, 0.4) is 0 Å². The highest BCUT2D eigenvalue weighted by Crippen LogP contribution is 2.28. The van der Waals surface area contributed by atoms with Gasteiger partial charge < -0.3 is 14.9 Å². The van der Waals surface area contributed by atoms with Gasteiger partial charge in [0.2, 0.25) is 5.82 Å². The number of nitrogens with zero attached hydrogens (tertiary/aromatic N) is 2. The van der Waals surface area contributed by atoms with E-state index in [4.69, 9.17) is 9.84 Å². The summed E-state index contributed by atoms with van der Waals surface area (Å²) in [5.41, 5.74) is 0. The van der Waals surface area contributed by atoms with Gasteiger partial charge in [0.05, 0.1) is 12.4 Å². The first-order valence-electron chi connectivity index (χ1n) is 4.68. The van der Waals surface area contributed by atoms with Crippen molar-refractivity contribution in [2.24, 2.45) is 0 Å². The Hall–Kier alpha value is -2.63. The summed E-state index contributed by atoms with van der Waals surface area (Å²) in [6.07, 6.45) is 2.45. The van der Waals surface area contributed by atoms with Crippen LogP contribution in [0.25, 0.3) is 0 Å². The predicted octanol–water partition coefficient (Wildman–Crippen LogP) is 1.67. The molecule has 2 N–H and O–H groups in total. The highest BCUT2D eigenvalue weighted by molar-refractivity contribution is 5.82. The Balaban J connectivity index is 2.20. The maximum atomic E-state index is 10.5. The van der Waals surface area contributed by atoms with Crippen molar-refractivity contribution in [3.8, 4) is 17.2 Å². The van der Waals surface area contributed by atoms with E-state index in [1.165, 1.54) is 18.5 Å². The molecule has 1 heterocycles. The van der Waals surface area contributed by atoms with Gasteiger partial charge in [-0.2, -0.15) is 0 Å². The SMILES string of the molecule is O=C(O)c1ncc(Oc2ccccc2O)cn1. The van der Waals surface area contributed by atoms with Crippen LogP contribution in [0.2, 0.25) is 0 Å². The number of benzene rings is 1. The Morgan fingerprint density at radius 3 is 2.41 bits per heavy atom. The van der Waals surface area contributed by atoms with Gasteiger partial charge in [-0.05, 0) is 12.1 Å². The van der Waals surface area contributed by atoms with Gasteiger partial charge in [0.15, 0.2) is 17.2 Å². The van der Waals surface area contributed by atoms with Gasteiger partial charge in [-0.1, -0.05) is 12.1 Å². The number of carbonyl (C=O) groups is 1. The topological polar surface area (TPSA) is 92.5 Å². The van der Waals surface area contributed by atoms with Crippen LogP contribution < -0.4 is 4.74 Å². The molecule has 0 radical (unpaired) electrons. The number of hydrogen-bond donors (Lipinski definition) is 2. The van der Waals surface area contributed by atoms with Crippen molar-refractivity contribution in [1.29, 1.82) is 0 Å². The summed E-state index contributed by atoms with van der Waals surface area (Å²) in [6.45, 7) is 0. The second-order valence-corrected chi connectivity index (χ2v) is 3.12. The predicted molar refractivity (Wildman–Crippen MR) is 57.2 cm³/mol. The third-order valence-electron chi connectivity index (χ3n) is 1.91. The van der Waals surface area contributed by atoms with Crippen molar-refractivity contribution in [1.82, 2.24) is 9.97 Å². The molecule has 17 heavy (non-hydrogen) atoms. The van der Waals surface area contributed by atoms with Crippen LogP contribution in [0.5, 0.6) is 17.2 Å². The standard InChI is InChI=1S/C11H8N2O4/c14-8-3-1-2-4-9(8)17-7-5-12-10(11(15)16)13-6-7/h1-6,14H,(H,15,16). The fourth-order valence-corrected chi connectivity index (χ4v) is 1.15. The molecule has 0 amide bonds. The lowest BCUT2D eigenvalue weighted by Crippen LogP contribution is -2.03. The van der Waals surface area contributed by atoms with Gasteiger partial charge in [0.1, 0.15) is 0 Å². The number of ether oxygens (including phenoxy) is 1. The Bertz CT molecular complexity index is 539. The highest BCUT2D eigenvalue weighted by Gasteiger charge is 2.07. The zero-order valence-electron chi connectivity index (χ0n) is 8.57. The van der Waals surface area contributed by atoms with E-state index >= 15 is 0 Å². The van der Waals surface area contributed by atoms with Crippen LogP contribution in [0.1, 0.15) is 10.6 Å². The average molecular weight is 232 g/mol. The average Bonchev–Trinajstić information content (AvgIpc) is 2.33. The van der Waals surface area contributed by atoms with Crippen molar-refractivity contribution >= 4 is 5.97 Å². The molecule has 0 spiro atoms. The molecule has 0 aliphatic heterocycles. The number of phenols is 1. The molecule has 6 nitrogen and oxygen atoms in total. The Morgan fingerprint density at radius 1 is 1.18 bits per heavy atom. The fourth-order valence-electron chi connectivity index (χ4n) is 1.15. The van der Waals surface area contributed by atoms with Crippen molar-refractivity contribution in [3.05, 3.63) is 42.5 Å². The number of rotatable bonds is 3. The number of aromatic carboxylic acids is 1. The number of carboxylic acids is 1. The zero-order chi connectivity index (χ0) is 12.3. The molecule has 6 heteroatoms. The number of aromatic hydroxyl groups is 1. The van der Waals surface area contributed by atoms with E-state index in [1.54, 1.807) is 18.2 Å². The van der Waals surface area contributed by atoms with Crippen molar-refractivity contribution in [2.75, 3.05) is 0 Å². The minimum atomic E-state index is -1.21. The van der Waals surface area contributed by atoms with Gasteiger partial charge in [0, 0.05) is 0 Å². The molecule has 2 rings (SSSR count). The number of phenolic OH excluding ortho intramolecular Hbond substituents is 1. The van der Waals surface area contributed by atoms with Crippen LogP contribution in [-0.4, -0.2) is 26.2 Å². The number of aromatic nitrogens is 2. The maximum absolute atomic E-state index is 10.5. The van der Waals surface area contributed by atoms with Crippen LogP contribution in [0.15, 0.2) is 36.7 Å². The third kappa shape index (κ3) is 2.49. The van der Waals surface area contributed by atoms with E-state index in [0.717, 1.165) is 0 Å². The smallest absolute Gasteiger partial charge is 0.373 e. The first-order chi connectivity index (χ1) is 8.16. The van der Waals surface area contributed by atoms with E-state index in [9.17, 15) is 9.90 Å². The van der Waals surface area contributed by atoms with Gasteiger partial charge in [-0.25, -0.2) is 14.8 Å². The number of carboxylic acid groups (broad SMARTS) is 1. The monoisotopic (exact) mass is 232 g/mol. The molecule has 0 unspecified atom stereocenters. The van der Waals surface area contributed by atoms with Crippen LogP contribution >= 0.6 is 0 Å². The molecule has 0 fully saturated rings. The second-order valence-electron chi connectivity index (χ2n) is 3.12. The summed E-state index contributed by atoms with van der Waals surface area (Å²) in [5.74, 6) is -1.04. The van der Waals surface area contributed by atoms with E-state index in [-0.39, 0.29) is 23.1 Å². The summed E-state index contributed by atoms with van der Waals surface area (Å²) >= 11 is 0. The van der Waals surface area contributed by atoms with Gasteiger partial charge in [-0.15, -0.1) is 0 Å². The fraction of sp³-hybridized carbons (Fsp3) is 0. The summed E-state index contributed by atoms with van der Waals surface area (Å²) in [7, 11) is 0. The van der Waals surface area contributed by atoms with E-state index in [0.29, 0.717) is 0 Å². The Morgan fingerprint density at radius 2 is 1.82 bits per heavy atom. The van der Waals surface area contributed by atoms with E-state index in [1.807, 2.05) is 0 Å². The summed E-state index contributed by atoms with van der Waals surface area (Å²) in [6, 6.07) is 6.40. The number of para-hydroxylation sites is 2. The third-order valence-corrected chi connectivity index (χ3v) is 1.91. The first kappa shape index (κ1) is 10.9. The minimum absolute atomic E-state index is 0.0187. The highest BCUT2D eigenvalue weighted by atomic mass is 16.5. The molecule has 0 aliphatic rings. The lowest BCUT2D eigenvalue weighted by atomic mass is 10.3. The van der Waals surface area contributed by atoms with E-state index < -0.39 is 5.97 Å². The summed E-state index contributed by atoms with van der Waals surface area (Å²) in [4.78, 5) is 17.7. The van der Waals surface area contributed by atoms with E-state index in [2.05, 4.69) is 9.97 Å². The zero-order valence-corrected chi connectivity index (χ0v) is 8.57. The molecule has 0 saturated heterocycles. The first-order valence-corrected chi connectivity index (χ1v) is 4.68. The normalized spacial score (nSPS) is 9.88. The molecule has 0 atom stereocenters. The second kappa shape index (κ2) is 4.48. The number of hydrogen-bond acceptors (Lipinski definition) is 5. The van der Waals surface area contributed by atoms with Crippen molar-refractivity contribution in [2.45, 2.75) is 0 Å². The van der Waals surface area contributed by atoms with Crippen LogP contribution in [0.4, 0.5) is 0 Å². The molecule has 1 aromatic carbocycles. The maximum Gasteiger partial charge on any atom is 0.373 e. The molecule has 86 valence electrons. The van der Waals surface area contributed by atoms with Crippen LogP contribution in [-0.2, 0) is 0 Å². The van der Waals surface area contributed by atoms with Gasteiger partial charge >= 0.3 is 5.97 Å². The molecule has 2 aromatic rings. The van der Waals surface area contributed by atoms with Crippen molar-refractivity contribution in [3.63, 3.8) is 0 Å². The quantitative estimate of drug-likeness (QED) is 0.836. The Kier molecular flexibility index (Phi) is 2.87. The van der Waals surface area contributed by atoms with Gasteiger partial charge in [0.25, 0.3) is 0 Å². The Labute approximate surface area is 96.2 Å². The molecule has 0 aliphatic carbocycles. The lowest BCUT2D eigenvalue weighted by Gasteiger charge is -2.06. The summed E-state index contributed by atoms with van der Waals surface area (Å²) < 4.78 is 5.28. The molecular weight excluding hydrogens is 224 g/mol. The van der Waals surface area contributed by atoms with Crippen molar-refractivity contribution < 1.29 is 19.7 Å². The molecule has 0 saturated carbocycles. The minimum Gasteiger partial charge on any atom is -0.504 e.